The molecule has 1 aromatic heterocycles. The van der Waals surface area contributed by atoms with Gasteiger partial charge in [-0.2, -0.15) is 0 Å². The van der Waals surface area contributed by atoms with E-state index in [0.717, 1.165) is 17.5 Å². The normalized spacial score (nSPS) is 10.8. The molecule has 0 spiro atoms. The zero-order valence-corrected chi connectivity index (χ0v) is 11.0. The van der Waals surface area contributed by atoms with Gasteiger partial charge in [-0.3, -0.25) is 4.98 Å². The second-order valence-corrected chi connectivity index (χ2v) is 4.75. The molecule has 1 heterocycles. The summed E-state index contributed by atoms with van der Waals surface area (Å²) in [4.78, 5) is 4.26. The van der Waals surface area contributed by atoms with Gasteiger partial charge in [-0.15, -0.1) is 0 Å². The Balaban J connectivity index is 1.69. The molecule has 3 heteroatoms. The first-order valence-corrected chi connectivity index (χ1v) is 6.60. The number of hydrogen-bond acceptors (Lipinski definition) is 2. The van der Waals surface area contributed by atoms with Crippen LogP contribution in [0.25, 0.3) is 10.8 Å². The molecule has 0 bridgehead atoms. The van der Waals surface area contributed by atoms with E-state index >= 15 is 0 Å². The minimum absolute atomic E-state index is 0.202. The van der Waals surface area contributed by atoms with Crippen molar-refractivity contribution < 1.29 is 4.39 Å². The van der Waals surface area contributed by atoms with E-state index in [0.29, 0.717) is 6.54 Å². The topological polar surface area (TPSA) is 24.9 Å². The molecule has 0 saturated carbocycles. The molecule has 0 atom stereocenters. The lowest BCUT2D eigenvalue weighted by Gasteiger charge is -2.08. The zero-order valence-electron chi connectivity index (χ0n) is 11.0. The van der Waals surface area contributed by atoms with Crippen molar-refractivity contribution in [3.8, 4) is 0 Å². The second-order valence-electron chi connectivity index (χ2n) is 4.75. The summed E-state index contributed by atoms with van der Waals surface area (Å²) in [5.74, 6) is -0.202. The summed E-state index contributed by atoms with van der Waals surface area (Å²) in [5, 5.41) is 5.73. The van der Waals surface area contributed by atoms with Crippen molar-refractivity contribution in [1.82, 2.24) is 10.3 Å². The first-order chi connectivity index (χ1) is 9.83. The highest BCUT2D eigenvalue weighted by Crippen LogP contribution is 2.16. The van der Waals surface area contributed by atoms with Gasteiger partial charge < -0.3 is 5.32 Å². The van der Waals surface area contributed by atoms with Gasteiger partial charge in [0.1, 0.15) is 5.82 Å². The van der Waals surface area contributed by atoms with Crippen molar-refractivity contribution in [1.29, 1.82) is 0 Å². The quantitative estimate of drug-likeness (QED) is 0.779. The summed E-state index contributed by atoms with van der Waals surface area (Å²) in [7, 11) is 0. The van der Waals surface area contributed by atoms with Crippen LogP contribution in [0.15, 0.2) is 60.9 Å². The lowest BCUT2D eigenvalue weighted by Crippen LogP contribution is -2.13. The predicted octanol–water partition coefficient (Wildman–Crippen LogP) is 3.66. The third-order valence-electron chi connectivity index (χ3n) is 3.31. The summed E-state index contributed by atoms with van der Waals surface area (Å²) in [6.45, 7) is 1.45. The fraction of sp³-hybridized carbons (Fsp3) is 0.118. The lowest BCUT2D eigenvalue weighted by molar-refractivity contribution is 0.625. The summed E-state index contributed by atoms with van der Waals surface area (Å²) < 4.78 is 12.8. The average molecular weight is 266 g/mol. The average Bonchev–Trinajstić information content (AvgIpc) is 2.49. The number of halogens is 1. The largest absolute Gasteiger partial charge is 0.309 e. The molecule has 1 N–H and O–H groups in total. The molecule has 3 rings (SSSR count). The van der Waals surface area contributed by atoms with E-state index in [-0.39, 0.29) is 5.82 Å². The number of nitrogens with zero attached hydrogens (tertiary/aromatic N) is 1. The van der Waals surface area contributed by atoms with Crippen LogP contribution in [0.3, 0.4) is 0 Å². The fourth-order valence-corrected chi connectivity index (χ4v) is 2.26. The monoisotopic (exact) mass is 266 g/mol. The number of fused-ring (bicyclic) bond motifs is 1. The summed E-state index contributed by atoms with van der Waals surface area (Å²) in [5.41, 5.74) is 2.24. The molecule has 0 aliphatic heterocycles. The Morgan fingerprint density at radius 1 is 0.900 bits per heavy atom. The highest BCUT2D eigenvalue weighted by Gasteiger charge is 2.01. The van der Waals surface area contributed by atoms with Gasteiger partial charge in [0.2, 0.25) is 0 Å². The van der Waals surface area contributed by atoms with Crippen molar-refractivity contribution >= 4 is 10.8 Å². The molecule has 0 fully saturated rings. The number of rotatable bonds is 4. The van der Waals surface area contributed by atoms with E-state index in [1.807, 2.05) is 24.5 Å². The van der Waals surface area contributed by atoms with Crippen molar-refractivity contribution in [2.75, 3.05) is 0 Å². The van der Waals surface area contributed by atoms with Gasteiger partial charge >= 0.3 is 0 Å². The van der Waals surface area contributed by atoms with Crippen LogP contribution in [0.4, 0.5) is 4.39 Å². The van der Waals surface area contributed by atoms with Crippen LogP contribution in [-0.4, -0.2) is 4.98 Å². The summed E-state index contributed by atoms with van der Waals surface area (Å²) >= 11 is 0. The van der Waals surface area contributed by atoms with E-state index in [1.165, 1.54) is 23.1 Å². The number of aromatic nitrogens is 1. The molecule has 0 radical (unpaired) electrons. The van der Waals surface area contributed by atoms with Gasteiger partial charge in [0.05, 0.1) is 0 Å². The van der Waals surface area contributed by atoms with Crippen LogP contribution < -0.4 is 5.32 Å². The molecule has 0 aliphatic carbocycles. The van der Waals surface area contributed by atoms with E-state index in [2.05, 4.69) is 22.4 Å². The molecule has 2 aromatic carbocycles. The minimum atomic E-state index is -0.202. The Labute approximate surface area is 117 Å². The van der Waals surface area contributed by atoms with E-state index in [1.54, 1.807) is 12.1 Å². The Hall–Kier alpha value is -2.26. The fourth-order valence-electron chi connectivity index (χ4n) is 2.26. The van der Waals surface area contributed by atoms with Crippen molar-refractivity contribution in [3.63, 3.8) is 0 Å². The maximum Gasteiger partial charge on any atom is 0.123 e. The Kier molecular flexibility index (Phi) is 3.70. The number of pyridine rings is 1. The highest BCUT2D eigenvalue weighted by atomic mass is 19.1. The molecule has 2 nitrogen and oxygen atoms in total. The van der Waals surface area contributed by atoms with Crippen LogP contribution in [0, 0.1) is 5.82 Å². The number of benzene rings is 2. The first kappa shape index (κ1) is 12.8. The van der Waals surface area contributed by atoms with Gasteiger partial charge in [-0.1, -0.05) is 36.4 Å². The van der Waals surface area contributed by atoms with E-state index in [4.69, 9.17) is 0 Å². The number of nitrogens with one attached hydrogen (secondary N) is 1. The first-order valence-electron chi connectivity index (χ1n) is 6.60. The lowest BCUT2D eigenvalue weighted by atomic mass is 10.1. The zero-order chi connectivity index (χ0) is 13.8. The molecule has 100 valence electrons. The van der Waals surface area contributed by atoms with E-state index < -0.39 is 0 Å². The smallest absolute Gasteiger partial charge is 0.123 e. The van der Waals surface area contributed by atoms with Crippen molar-refractivity contribution in [3.05, 3.63) is 77.9 Å². The molecular weight excluding hydrogens is 251 g/mol. The SMILES string of the molecule is Fc1ccc(CNCc2cncc3ccccc23)cc1. The maximum absolute atomic E-state index is 12.8. The summed E-state index contributed by atoms with van der Waals surface area (Å²) in [6, 6.07) is 14.8. The Morgan fingerprint density at radius 3 is 2.55 bits per heavy atom. The third-order valence-corrected chi connectivity index (χ3v) is 3.31. The Morgan fingerprint density at radius 2 is 1.70 bits per heavy atom. The van der Waals surface area contributed by atoms with Crippen molar-refractivity contribution in [2.24, 2.45) is 0 Å². The van der Waals surface area contributed by atoms with Crippen LogP contribution in [-0.2, 0) is 13.1 Å². The van der Waals surface area contributed by atoms with Gasteiger partial charge in [0.25, 0.3) is 0 Å². The molecule has 0 amide bonds. The minimum Gasteiger partial charge on any atom is -0.309 e. The molecule has 0 saturated heterocycles. The second kappa shape index (κ2) is 5.80. The van der Waals surface area contributed by atoms with Crippen LogP contribution in [0.1, 0.15) is 11.1 Å². The van der Waals surface area contributed by atoms with Crippen LogP contribution >= 0.6 is 0 Å². The molecule has 20 heavy (non-hydrogen) atoms. The predicted molar refractivity (Wildman–Crippen MR) is 78.7 cm³/mol. The Bertz CT molecular complexity index is 702. The maximum atomic E-state index is 12.8. The van der Waals surface area contributed by atoms with Crippen LogP contribution in [0.5, 0.6) is 0 Å². The van der Waals surface area contributed by atoms with Gasteiger partial charge in [0.15, 0.2) is 0 Å². The van der Waals surface area contributed by atoms with Gasteiger partial charge in [-0.05, 0) is 28.6 Å². The van der Waals surface area contributed by atoms with E-state index in [9.17, 15) is 4.39 Å². The number of hydrogen-bond donors (Lipinski definition) is 1. The molecule has 0 aliphatic rings. The third kappa shape index (κ3) is 2.83. The standard InChI is InChI=1S/C17H15FN2/c18-16-7-5-13(6-8-16)9-19-11-15-12-20-10-14-3-1-2-4-17(14)15/h1-8,10,12,19H,9,11H2. The van der Waals surface area contributed by atoms with Gasteiger partial charge in [0, 0.05) is 30.9 Å². The van der Waals surface area contributed by atoms with Gasteiger partial charge in [-0.25, -0.2) is 4.39 Å². The molecule has 3 aromatic rings. The highest BCUT2D eigenvalue weighted by molar-refractivity contribution is 5.84. The van der Waals surface area contributed by atoms with Crippen molar-refractivity contribution in [2.45, 2.75) is 13.1 Å². The molecule has 0 unspecified atom stereocenters. The molecular formula is C17H15FN2. The van der Waals surface area contributed by atoms with Crippen LogP contribution in [0.2, 0.25) is 0 Å². The summed E-state index contributed by atoms with van der Waals surface area (Å²) in [6.07, 6.45) is 3.76.